The molecule has 0 amide bonds. The molecular formula is C22H27ClN4O4S. The third kappa shape index (κ3) is 5.23. The normalized spacial score (nSPS) is 13.0. The quantitative estimate of drug-likeness (QED) is 0.411. The van der Waals surface area contributed by atoms with Crippen LogP contribution in [0.5, 0.6) is 0 Å². The zero-order chi connectivity index (χ0) is 23.6. The van der Waals surface area contributed by atoms with Crippen molar-refractivity contribution in [2.75, 3.05) is 12.4 Å². The van der Waals surface area contributed by atoms with E-state index in [0.29, 0.717) is 15.9 Å². The molecule has 0 aliphatic carbocycles. The minimum Gasteiger partial charge on any atom is -0.390 e. The first-order chi connectivity index (χ1) is 15.0. The first-order valence-corrected chi connectivity index (χ1v) is 11.5. The van der Waals surface area contributed by atoms with Crippen LogP contribution in [-0.2, 0) is 30.9 Å². The summed E-state index contributed by atoms with van der Waals surface area (Å²) in [7, 11) is 3.00. The number of thioether (sulfide) groups is 1. The number of aliphatic hydroxyl groups excluding tert-OH is 1. The third-order valence-electron chi connectivity index (χ3n) is 4.88. The second-order valence-corrected chi connectivity index (χ2v) is 9.99. The number of aromatic nitrogens is 4. The van der Waals surface area contributed by atoms with E-state index >= 15 is 0 Å². The molecule has 0 saturated heterocycles. The topological polar surface area (TPSA) is 99.2 Å². The summed E-state index contributed by atoms with van der Waals surface area (Å²) in [4.78, 5) is 34.4. The molecule has 2 heterocycles. The van der Waals surface area contributed by atoms with Gasteiger partial charge in [-0.25, -0.2) is 14.8 Å². The summed E-state index contributed by atoms with van der Waals surface area (Å²) >= 11 is 7.36. The Hall–Kier alpha value is -2.20. The fraction of sp³-hybridized carbons (Fsp3) is 0.455. The molecule has 172 valence electrons. The van der Waals surface area contributed by atoms with E-state index in [4.69, 9.17) is 16.3 Å². The van der Waals surface area contributed by atoms with E-state index in [1.54, 1.807) is 13.1 Å². The summed E-state index contributed by atoms with van der Waals surface area (Å²) in [6, 6.07) is 7.37. The molecule has 1 N–H and O–H groups in total. The van der Waals surface area contributed by atoms with Crippen molar-refractivity contribution in [3.05, 3.63) is 61.5 Å². The highest BCUT2D eigenvalue weighted by Crippen LogP contribution is 2.27. The molecule has 0 aliphatic rings. The molecule has 2 aromatic heterocycles. The molecule has 1 aromatic carbocycles. The minimum atomic E-state index is -0.790. The van der Waals surface area contributed by atoms with Crippen molar-refractivity contribution < 1.29 is 9.84 Å². The predicted octanol–water partition coefficient (Wildman–Crippen LogP) is 2.65. The number of benzene rings is 1. The van der Waals surface area contributed by atoms with E-state index in [1.165, 1.54) is 23.4 Å². The Morgan fingerprint density at radius 2 is 1.84 bits per heavy atom. The van der Waals surface area contributed by atoms with E-state index < -0.39 is 22.8 Å². The monoisotopic (exact) mass is 478 g/mol. The molecule has 1 atom stereocenters. The van der Waals surface area contributed by atoms with Crippen molar-refractivity contribution in [3.8, 4) is 0 Å². The van der Waals surface area contributed by atoms with Crippen LogP contribution in [0, 0.1) is 0 Å². The van der Waals surface area contributed by atoms with Crippen LogP contribution in [0.1, 0.15) is 32.2 Å². The molecule has 32 heavy (non-hydrogen) atoms. The average molecular weight is 479 g/mol. The highest BCUT2D eigenvalue weighted by molar-refractivity contribution is 7.99. The minimum absolute atomic E-state index is 0.101. The number of rotatable bonds is 7. The standard InChI is InChI=1S/C22H27ClN4O4S/c1-22(2,3)20-24-17-16(19(29)27(5)21(30)26(17)4)18(25-20)32-12-14(28)11-31-10-13-8-6-7-9-15(13)23/h6-9,14,28H,10-12H2,1-5H3. The maximum Gasteiger partial charge on any atom is 0.332 e. The molecule has 0 spiro atoms. The summed E-state index contributed by atoms with van der Waals surface area (Å²) < 4.78 is 7.99. The second kappa shape index (κ2) is 9.74. The summed E-state index contributed by atoms with van der Waals surface area (Å²) in [5.74, 6) is 0.768. The molecule has 1 unspecified atom stereocenters. The second-order valence-electron chi connectivity index (χ2n) is 8.58. The molecule has 0 radical (unpaired) electrons. The van der Waals surface area contributed by atoms with Gasteiger partial charge in [0.2, 0.25) is 0 Å². The summed E-state index contributed by atoms with van der Waals surface area (Å²) in [6.07, 6.45) is -0.790. The zero-order valence-corrected chi connectivity index (χ0v) is 20.3. The van der Waals surface area contributed by atoms with Crippen LogP contribution in [0.15, 0.2) is 38.9 Å². The lowest BCUT2D eigenvalue weighted by molar-refractivity contribution is 0.0398. The number of aliphatic hydroxyl groups is 1. The van der Waals surface area contributed by atoms with Crippen LogP contribution in [-0.4, -0.2) is 42.7 Å². The van der Waals surface area contributed by atoms with Gasteiger partial charge in [-0.1, -0.05) is 50.6 Å². The van der Waals surface area contributed by atoms with Crippen LogP contribution < -0.4 is 11.2 Å². The zero-order valence-electron chi connectivity index (χ0n) is 18.8. The molecule has 0 bridgehead atoms. The van der Waals surface area contributed by atoms with Gasteiger partial charge in [0.25, 0.3) is 5.56 Å². The number of nitrogens with zero attached hydrogens (tertiary/aromatic N) is 4. The maximum atomic E-state index is 12.8. The van der Waals surface area contributed by atoms with Crippen molar-refractivity contribution in [2.45, 2.75) is 43.9 Å². The Morgan fingerprint density at radius 1 is 1.16 bits per heavy atom. The maximum absolute atomic E-state index is 12.8. The van der Waals surface area contributed by atoms with Gasteiger partial charge in [0.05, 0.1) is 19.3 Å². The molecule has 0 saturated carbocycles. The molecule has 10 heteroatoms. The predicted molar refractivity (Wildman–Crippen MR) is 127 cm³/mol. The lowest BCUT2D eigenvalue weighted by atomic mass is 9.96. The Balaban J connectivity index is 1.83. The highest BCUT2D eigenvalue weighted by atomic mass is 35.5. The number of halogens is 1. The molecule has 0 fully saturated rings. The Kier molecular flexibility index (Phi) is 7.44. The fourth-order valence-corrected chi connectivity index (χ4v) is 4.12. The van der Waals surface area contributed by atoms with E-state index in [2.05, 4.69) is 9.97 Å². The SMILES string of the molecule is Cn1c(=O)c2c(SCC(O)COCc3ccccc3Cl)nc(C(C)(C)C)nc2n(C)c1=O. The van der Waals surface area contributed by atoms with Crippen molar-refractivity contribution in [1.82, 2.24) is 19.1 Å². The molecular weight excluding hydrogens is 452 g/mol. The Morgan fingerprint density at radius 3 is 2.50 bits per heavy atom. The van der Waals surface area contributed by atoms with Crippen LogP contribution in [0.4, 0.5) is 0 Å². The van der Waals surface area contributed by atoms with Gasteiger partial charge >= 0.3 is 5.69 Å². The number of ether oxygens (including phenoxy) is 1. The summed E-state index contributed by atoms with van der Waals surface area (Å²) in [5.41, 5.74) is -0.183. The smallest absolute Gasteiger partial charge is 0.332 e. The van der Waals surface area contributed by atoms with Crippen LogP contribution >= 0.6 is 23.4 Å². The van der Waals surface area contributed by atoms with Gasteiger partial charge in [-0.2, -0.15) is 0 Å². The lowest BCUT2D eigenvalue weighted by Gasteiger charge is -2.19. The van der Waals surface area contributed by atoms with Gasteiger partial charge in [-0.3, -0.25) is 13.9 Å². The van der Waals surface area contributed by atoms with Crippen molar-refractivity contribution in [2.24, 2.45) is 14.1 Å². The lowest BCUT2D eigenvalue weighted by Crippen LogP contribution is -2.38. The van der Waals surface area contributed by atoms with E-state index in [-0.39, 0.29) is 30.0 Å². The largest absolute Gasteiger partial charge is 0.390 e. The summed E-state index contributed by atoms with van der Waals surface area (Å²) in [6.45, 7) is 6.26. The van der Waals surface area contributed by atoms with Gasteiger partial charge < -0.3 is 9.84 Å². The van der Waals surface area contributed by atoms with Crippen LogP contribution in [0.3, 0.4) is 0 Å². The molecule has 3 rings (SSSR count). The van der Waals surface area contributed by atoms with Gasteiger partial charge in [0.1, 0.15) is 16.2 Å². The Labute approximate surface area is 195 Å². The fourth-order valence-electron chi connectivity index (χ4n) is 3.01. The van der Waals surface area contributed by atoms with Crippen molar-refractivity contribution in [1.29, 1.82) is 0 Å². The molecule has 0 aliphatic heterocycles. The third-order valence-corrected chi connectivity index (χ3v) is 6.36. The number of hydrogen-bond acceptors (Lipinski definition) is 7. The van der Waals surface area contributed by atoms with Gasteiger partial charge in [0, 0.05) is 30.3 Å². The van der Waals surface area contributed by atoms with E-state index in [0.717, 1.165) is 10.1 Å². The van der Waals surface area contributed by atoms with Crippen LogP contribution in [0.25, 0.3) is 11.0 Å². The van der Waals surface area contributed by atoms with E-state index in [1.807, 2.05) is 39.0 Å². The summed E-state index contributed by atoms with van der Waals surface area (Å²) in [5, 5.41) is 11.7. The van der Waals surface area contributed by atoms with Gasteiger partial charge in [0.15, 0.2) is 5.65 Å². The van der Waals surface area contributed by atoms with Crippen molar-refractivity contribution in [3.63, 3.8) is 0 Å². The highest BCUT2D eigenvalue weighted by Gasteiger charge is 2.24. The first-order valence-electron chi connectivity index (χ1n) is 10.1. The van der Waals surface area contributed by atoms with Gasteiger partial charge in [-0.15, -0.1) is 11.8 Å². The molecule has 3 aromatic rings. The average Bonchev–Trinajstić information content (AvgIpc) is 2.74. The van der Waals surface area contributed by atoms with Gasteiger partial charge in [-0.05, 0) is 11.6 Å². The number of hydrogen-bond donors (Lipinski definition) is 1. The number of aryl methyl sites for hydroxylation is 1. The van der Waals surface area contributed by atoms with Crippen molar-refractivity contribution >= 4 is 34.4 Å². The van der Waals surface area contributed by atoms with Crippen LogP contribution in [0.2, 0.25) is 5.02 Å². The first kappa shape index (κ1) is 24.4. The Bertz CT molecular complexity index is 1250. The number of fused-ring (bicyclic) bond motifs is 1. The molecule has 8 nitrogen and oxygen atoms in total. The van der Waals surface area contributed by atoms with E-state index in [9.17, 15) is 14.7 Å².